The van der Waals surface area contributed by atoms with Gasteiger partial charge < -0.3 is 19.2 Å². The molecule has 9 heteroatoms. The number of aryl methyl sites for hydroxylation is 2. The van der Waals surface area contributed by atoms with Crippen LogP contribution in [0.25, 0.3) is 10.9 Å². The Morgan fingerprint density at radius 1 is 0.944 bits per heavy atom. The molecule has 8 nitrogen and oxygen atoms in total. The van der Waals surface area contributed by atoms with Crippen molar-refractivity contribution < 1.29 is 22.6 Å². The second-order valence-corrected chi connectivity index (χ2v) is 10.7. The molecule has 1 aliphatic heterocycles. The Labute approximate surface area is 209 Å². The molecule has 0 aliphatic carbocycles. The van der Waals surface area contributed by atoms with E-state index in [4.69, 9.17) is 14.2 Å². The lowest BCUT2D eigenvalue weighted by molar-refractivity contribution is 0.174. The van der Waals surface area contributed by atoms with Gasteiger partial charge in [0, 0.05) is 29.6 Å². The number of rotatable bonds is 7. The fourth-order valence-corrected chi connectivity index (χ4v) is 5.80. The van der Waals surface area contributed by atoms with Gasteiger partial charge in [-0.3, -0.25) is 4.79 Å². The smallest absolute Gasteiger partial charge is 0.252 e. The molecular weight excluding hydrogens is 480 g/mol. The first-order valence-corrected chi connectivity index (χ1v) is 12.8. The lowest BCUT2D eigenvalue weighted by Gasteiger charge is -2.23. The van der Waals surface area contributed by atoms with Crippen LogP contribution in [0.2, 0.25) is 0 Å². The second kappa shape index (κ2) is 9.33. The van der Waals surface area contributed by atoms with Crippen LogP contribution in [0.4, 0.5) is 0 Å². The SMILES string of the molecule is COc1ccc(S(=O)(=O)N(Cc2ccc3c(c2)OCO3)Cc2cc3c(C)cc(C)cc3[nH]c2=O)cc1. The average Bonchev–Trinajstić information content (AvgIpc) is 3.32. The van der Waals surface area contributed by atoms with Crippen molar-refractivity contribution in [1.29, 1.82) is 0 Å². The first-order chi connectivity index (χ1) is 17.2. The van der Waals surface area contributed by atoms with Gasteiger partial charge in [-0.2, -0.15) is 4.31 Å². The molecule has 2 heterocycles. The van der Waals surface area contributed by atoms with E-state index in [-0.39, 0.29) is 30.3 Å². The summed E-state index contributed by atoms with van der Waals surface area (Å²) in [6.45, 7) is 3.98. The number of benzene rings is 3. The Kier molecular flexibility index (Phi) is 6.19. The molecule has 3 aromatic carbocycles. The number of hydrogen-bond donors (Lipinski definition) is 1. The first kappa shape index (κ1) is 23.9. The lowest BCUT2D eigenvalue weighted by atomic mass is 10.0. The van der Waals surface area contributed by atoms with Gasteiger partial charge in [-0.25, -0.2) is 8.42 Å². The van der Waals surface area contributed by atoms with Crippen molar-refractivity contribution in [1.82, 2.24) is 9.29 Å². The summed E-state index contributed by atoms with van der Waals surface area (Å²) in [5.41, 5.74) is 3.50. The Bertz CT molecular complexity index is 1610. The standard InChI is InChI=1S/C27H26N2O6S/c1-17-10-18(2)23-13-20(27(30)28-24(23)11-17)15-29(14-19-4-9-25-26(12-19)35-16-34-25)36(31,32)22-7-5-21(33-3)6-8-22/h4-13H,14-16H2,1-3H3,(H,28,30). The van der Waals surface area contributed by atoms with Crippen LogP contribution in [0.3, 0.4) is 0 Å². The molecule has 1 N–H and O–H groups in total. The van der Waals surface area contributed by atoms with Gasteiger partial charge >= 0.3 is 0 Å². The summed E-state index contributed by atoms with van der Waals surface area (Å²) in [6, 6.07) is 17.2. The quantitative estimate of drug-likeness (QED) is 0.402. The summed E-state index contributed by atoms with van der Waals surface area (Å²) in [5, 5.41) is 0.875. The van der Waals surface area contributed by atoms with Crippen LogP contribution in [-0.2, 0) is 23.1 Å². The van der Waals surface area contributed by atoms with Crippen molar-refractivity contribution in [3.05, 3.63) is 93.3 Å². The fourth-order valence-electron chi connectivity index (χ4n) is 4.39. The van der Waals surface area contributed by atoms with Crippen molar-refractivity contribution >= 4 is 20.9 Å². The zero-order valence-electron chi connectivity index (χ0n) is 20.2. The van der Waals surface area contributed by atoms with Crippen molar-refractivity contribution in [2.24, 2.45) is 0 Å². The molecule has 0 radical (unpaired) electrons. The molecule has 186 valence electrons. The maximum atomic E-state index is 13.8. The van der Waals surface area contributed by atoms with Crippen LogP contribution in [-0.4, -0.2) is 31.6 Å². The van der Waals surface area contributed by atoms with E-state index >= 15 is 0 Å². The minimum absolute atomic E-state index is 0.0371. The van der Waals surface area contributed by atoms with E-state index in [1.54, 1.807) is 36.4 Å². The van der Waals surface area contributed by atoms with Crippen molar-refractivity contribution in [3.8, 4) is 17.2 Å². The number of aromatic amines is 1. The predicted molar refractivity (Wildman–Crippen MR) is 136 cm³/mol. The van der Waals surface area contributed by atoms with Crippen LogP contribution in [0.5, 0.6) is 17.2 Å². The monoisotopic (exact) mass is 506 g/mol. The molecule has 0 saturated carbocycles. The van der Waals surface area contributed by atoms with E-state index in [0.717, 1.165) is 22.0 Å². The number of nitrogens with zero attached hydrogens (tertiary/aromatic N) is 1. The van der Waals surface area contributed by atoms with E-state index in [1.165, 1.54) is 23.5 Å². The van der Waals surface area contributed by atoms with Crippen LogP contribution >= 0.6 is 0 Å². The molecule has 0 spiro atoms. The molecule has 0 atom stereocenters. The van der Waals surface area contributed by atoms with Gasteiger partial charge in [-0.05, 0) is 79.1 Å². The minimum atomic E-state index is -3.97. The molecule has 0 saturated heterocycles. The molecule has 0 amide bonds. The zero-order valence-corrected chi connectivity index (χ0v) is 21.0. The van der Waals surface area contributed by atoms with Crippen LogP contribution in [0.15, 0.2) is 70.4 Å². The molecule has 5 rings (SSSR count). The summed E-state index contributed by atoms with van der Waals surface area (Å²) in [6.07, 6.45) is 0. The number of methoxy groups -OCH3 is 1. The van der Waals surface area contributed by atoms with Crippen molar-refractivity contribution in [2.75, 3.05) is 13.9 Å². The Morgan fingerprint density at radius 3 is 2.44 bits per heavy atom. The Morgan fingerprint density at radius 2 is 1.69 bits per heavy atom. The highest BCUT2D eigenvalue weighted by Gasteiger charge is 2.27. The number of ether oxygens (including phenoxy) is 3. The van der Waals surface area contributed by atoms with Gasteiger partial charge in [0.25, 0.3) is 5.56 Å². The normalized spacial score (nSPS) is 12.9. The van der Waals surface area contributed by atoms with Gasteiger partial charge in [0.15, 0.2) is 11.5 Å². The van der Waals surface area contributed by atoms with Crippen molar-refractivity contribution in [3.63, 3.8) is 0 Å². The Hall–Kier alpha value is -3.82. The largest absolute Gasteiger partial charge is 0.497 e. The minimum Gasteiger partial charge on any atom is -0.497 e. The van der Waals surface area contributed by atoms with Crippen molar-refractivity contribution in [2.45, 2.75) is 31.8 Å². The highest BCUT2D eigenvalue weighted by Crippen LogP contribution is 2.33. The summed E-state index contributed by atoms with van der Waals surface area (Å²) in [5.74, 6) is 1.72. The number of sulfonamides is 1. The molecule has 36 heavy (non-hydrogen) atoms. The number of H-pyrrole nitrogens is 1. The number of aromatic nitrogens is 1. The predicted octanol–water partition coefficient (Wildman–Crippen LogP) is 4.27. The number of hydrogen-bond acceptors (Lipinski definition) is 6. The summed E-state index contributed by atoms with van der Waals surface area (Å²) < 4.78 is 44.9. The lowest BCUT2D eigenvalue weighted by Crippen LogP contribution is -2.32. The van der Waals surface area contributed by atoms with Gasteiger partial charge in [-0.1, -0.05) is 12.1 Å². The summed E-state index contributed by atoms with van der Waals surface area (Å²) in [4.78, 5) is 16.0. The molecule has 4 aromatic rings. The number of fused-ring (bicyclic) bond motifs is 2. The van der Waals surface area contributed by atoms with Gasteiger partial charge in [0.05, 0.1) is 12.0 Å². The van der Waals surface area contributed by atoms with E-state index in [2.05, 4.69) is 4.98 Å². The second-order valence-electron chi connectivity index (χ2n) is 8.80. The van der Waals surface area contributed by atoms with Gasteiger partial charge in [-0.15, -0.1) is 0 Å². The molecular formula is C27H26N2O6S. The van der Waals surface area contributed by atoms with Gasteiger partial charge in [0.1, 0.15) is 5.75 Å². The number of nitrogens with one attached hydrogen (secondary N) is 1. The molecule has 0 fully saturated rings. The topological polar surface area (TPSA) is 97.9 Å². The van der Waals surface area contributed by atoms with E-state index in [0.29, 0.717) is 28.4 Å². The third-order valence-corrected chi connectivity index (χ3v) is 8.04. The van der Waals surface area contributed by atoms with E-state index in [9.17, 15) is 13.2 Å². The molecule has 0 unspecified atom stereocenters. The van der Waals surface area contributed by atoms with Crippen LogP contribution in [0, 0.1) is 13.8 Å². The first-order valence-electron chi connectivity index (χ1n) is 11.4. The average molecular weight is 507 g/mol. The highest BCUT2D eigenvalue weighted by atomic mass is 32.2. The Balaban J connectivity index is 1.57. The maximum absolute atomic E-state index is 13.8. The van der Waals surface area contributed by atoms with Crippen LogP contribution in [0.1, 0.15) is 22.3 Å². The summed E-state index contributed by atoms with van der Waals surface area (Å²) >= 11 is 0. The molecule has 0 bridgehead atoms. The summed E-state index contributed by atoms with van der Waals surface area (Å²) in [7, 11) is -2.45. The van der Waals surface area contributed by atoms with E-state index in [1.807, 2.05) is 26.0 Å². The number of pyridine rings is 1. The van der Waals surface area contributed by atoms with Crippen LogP contribution < -0.4 is 19.8 Å². The molecule has 1 aliphatic rings. The van der Waals surface area contributed by atoms with Gasteiger partial charge in [0.2, 0.25) is 16.8 Å². The molecule has 1 aromatic heterocycles. The maximum Gasteiger partial charge on any atom is 0.252 e. The highest BCUT2D eigenvalue weighted by molar-refractivity contribution is 7.89. The third-order valence-electron chi connectivity index (χ3n) is 6.23. The zero-order chi connectivity index (χ0) is 25.4. The fraction of sp³-hybridized carbons (Fsp3) is 0.222. The van der Waals surface area contributed by atoms with E-state index < -0.39 is 10.0 Å². The third kappa shape index (κ3) is 4.55.